The molecule has 8 heteroatoms. The SMILES string of the molecule is O=C1[C@@H]2[C@@H]3CCCN3[C@@]3(C(=O)Nc4ccc(Cl)cc43)[C@H]2C(=O)N1c1ccccc1Cl. The molecule has 30 heavy (non-hydrogen) atoms. The third kappa shape index (κ3) is 2.02. The van der Waals surface area contributed by atoms with Gasteiger partial charge >= 0.3 is 0 Å². The zero-order chi connectivity index (χ0) is 20.8. The summed E-state index contributed by atoms with van der Waals surface area (Å²) in [4.78, 5) is 44.1. The van der Waals surface area contributed by atoms with Crippen molar-refractivity contribution in [2.45, 2.75) is 24.4 Å². The zero-order valence-corrected chi connectivity index (χ0v) is 17.3. The predicted octanol–water partition coefficient (Wildman–Crippen LogP) is 3.42. The van der Waals surface area contributed by atoms with Crippen LogP contribution in [0, 0.1) is 11.8 Å². The van der Waals surface area contributed by atoms with Crippen molar-refractivity contribution in [3.8, 4) is 0 Å². The van der Waals surface area contributed by atoms with Gasteiger partial charge in [-0.15, -0.1) is 0 Å². The zero-order valence-electron chi connectivity index (χ0n) is 15.8. The second-order valence-electron chi connectivity index (χ2n) is 8.28. The number of anilines is 2. The van der Waals surface area contributed by atoms with Gasteiger partial charge < -0.3 is 5.32 Å². The summed E-state index contributed by atoms with van der Waals surface area (Å²) >= 11 is 12.6. The van der Waals surface area contributed by atoms with Crippen molar-refractivity contribution < 1.29 is 14.4 Å². The van der Waals surface area contributed by atoms with E-state index < -0.39 is 17.4 Å². The Labute approximate surface area is 182 Å². The molecule has 3 fully saturated rings. The summed E-state index contributed by atoms with van der Waals surface area (Å²) in [5.41, 5.74) is 0.469. The van der Waals surface area contributed by atoms with E-state index in [9.17, 15) is 14.4 Å². The van der Waals surface area contributed by atoms with E-state index in [2.05, 4.69) is 10.2 Å². The average molecular weight is 442 g/mol. The summed E-state index contributed by atoms with van der Waals surface area (Å²) < 4.78 is 0. The molecule has 1 spiro atoms. The number of nitrogens with zero attached hydrogens (tertiary/aromatic N) is 2. The number of benzene rings is 2. The van der Waals surface area contributed by atoms with Gasteiger partial charge in [-0.2, -0.15) is 0 Å². The highest BCUT2D eigenvalue weighted by Gasteiger charge is 2.74. The molecule has 0 radical (unpaired) electrons. The fraction of sp³-hybridized carbons (Fsp3) is 0.318. The van der Waals surface area contributed by atoms with Crippen LogP contribution in [0.4, 0.5) is 11.4 Å². The van der Waals surface area contributed by atoms with Gasteiger partial charge in [-0.1, -0.05) is 35.3 Å². The Morgan fingerprint density at radius 1 is 1.03 bits per heavy atom. The largest absolute Gasteiger partial charge is 0.324 e. The van der Waals surface area contributed by atoms with Gasteiger partial charge in [-0.05, 0) is 49.7 Å². The molecule has 0 bridgehead atoms. The molecule has 2 aromatic carbocycles. The standard InChI is InChI=1S/C22H17Cl2N3O3/c23-11-7-8-14-12(10-11)22(21(30)25-14)18-17(16-6-3-9-26(16)22)19(28)27(20(18)29)15-5-2-1-4-13(15)24/h1-2,4-5,7-8,10,16-18H,3,6,9H2,(H,25,30)/t16-,17+,18+,22+/m0/s1. The topological polar surface area (TPSA) is 69.7 Å². The fourth-order valence-electron chi connectivity index (χ4n) is 6.05. The van der Waals surface area contributed by atoms with Crippen molar-refractivity contribution in [1.82, 2.24) is 4.90 Å². The monoisotopic (exact) mass is 441 g/mol. The van der Waals surface area contributed by atoms with E-state index in [-0.39, 0.29) is 23.8 Å². The Morgan fingerprint density at radius 2 is 1.83 bits per heavy atom. The van der Waals surface area contributed by atoms with E-state index in [0.717, 1.165) is 12.8 Å². The number of halogens is 2. The van der Waals surface area contributed by atoms with Crippen molar-refractivity contribution in [2.75, 3.05) is 16.8 Å². The normalized spacial score (nSPS) is 32.0. The first-order valence-electron chi connectivity index (χ1n) is 9.97. The lowest BCUT2D eigenvalue weighted by Gasteiger charge is -2.36. The van der Waals surface area contributed by atoms with Gasteiger partial charge in [-0.3, -0.25) is 19.3 Å². The average Bonchev–Trinajstić information content (AvgIpc) is 3.42. The summed E-state index contributed by atoms with van der Waals surface area (Å²) in [6.07, 6.45) is 1.63. The molecule has 6 rings (SSSR count). The Hall–Kier alpha value is -2.41. The van der Waals surface area contributed by atoms with Crippen LogP contribution in [0.1, 0.15) is 18.4 Å². The van der Waals surface area contributed by atoms with Gasteiger partial charge in [0.25, 0.3) is 0 Å². The van der Waals surface area contributed by atoms with Crippen molar-refractivity contribution in [3.05, 3.63) is 58.1 Å². The minimum Gasteiger partial charge on any atom is -0.324 e. The van der Waals surface area contributed by atoms with Gasteiger partial charge in [0.15, 0.2) is 0 Å². The number of carbonyl (C=O) groups is 3. The molecule has 2 aromatic rings. The minimum absolute atomic E-state index is 0.172. The highest BCUT2D eigenvalue weighted by Crippen LogP contribution is 2.61. The van der Waals surface area contributed by atoms with Crippen LogP contribution in [-0.4, -0.2) is 35.2 Å². The molecule has 0 saturated carbocycles. The second-order valence-corrected chi connectivity index (χ2v) is 9.12. The smallest absolute Gasteiger partial charge is 0.250 e. The number of carbonyl (C=O) groups excluding carboxylic acids is 3. The first kappa shape index (κ1) is 18.4. The van der Waals surface area contributed by atoms with E-state index in [1.54, 1.807) is 42.5 Å². The van der Waals surface area contributed by atoms with Crippen LogP contribution in [0.25, 0.3) is 0 Å². The Bertz CT molecular complexity index is 1150. The number of nitrogens with one attached hydrogen (secondary N) is 1. The molecule has 4 aliphatic heterocycles. The van der Waals surface area contributed by atoms with E-state index in [0.29, 0.717) is 33.5 Å². The van der Waals surface area contributed by atoms with Crippen LogP contribution in [-0.2, 0) is 19.9 Å². The number of hydrogen-bond donors (Lipinski definition) is 1. The van der Waals surface area contributed by atoms with Crippen LogP contribution in [0.5, 0.6) is 0 Å². The third-order valence-electron chi connectivity index (χ3n) is 7.05. The first-order valence-corrected chi connectivity index (χ1v) is 10.7. The van der Waals surface area contributed by atoms with Crippen molar-refractivity contribution in [2.24, 2.45) is 11.8 Å². The maximum absolute atomic E-state index is 13.8. The molecule has 6 nitrogen and oxygen atoms in total. The molecular formula is C22H17Cl2N3O3. The van der Waals surface area contributed by atoms with E-state index in [1.165, 1.54) is 4.90 Å². The van der Waals surface area contributed by atoms with Crippen LogP contribution in [0.15, 0.2) is 42.5 Å². The Balaban J connectivity index is 1.58. The van der Waals surface area contributed by atoms with Crippen LogP contribution in [0.3, 0.4) is 0 Å². The summed E-state index contributed by atoms with van der Waals surface area (Å²) in [5, 5.41) is 3.76. The van der Waals surface area contributed by atoms with Crippen LogP contribution < -0.4 is 10.2 Å². The summed E-state index contributed by atoms with van der Waals surface area (Å²) in [7, 11) is 0. The lowest BCUT2D eigenvalue weighted by molar-refractivity contribution is -0.135. The van der Waals surface area contributed by atoms with Gasteiger partial charge in [0.1, 0.15) is 5.54 Å². The molecular weight excluding hydrogens is 425 g/mol. The number of imide groups is 1. The second kappa shape index (κ2) is 6.06. The van der Waals surface area contributed by atoms with Gasteiger partial charge in [0.2, 0.25) is 17.7 Å². The highest BCUT2D eigenvalue weighted by atomic mass is 35.5. The van der Waals surface area contributed by atoms with Crippen molar-refractivity contribution in [3.63, 3.8) is 0 Å². The van der Waals surface area contributed by atoms with Gasteiger partial charge in [0, 0.05) is 22.3 Å². The lowest BCUT2D eigenvalue weighted by atomic mass is 9.75. The number of amides is 3. The molecule has 0 aliphatic carbocycles. The molecule has 4 atom stereocenters. The van der Waals surface area contributed by atoms with Crippen molar-refractivity contribution >= 4 is 52.3 Å². The van der Waals surface area contributed by atoms with Crippen LogP contribution in [0.2, 0.25) is 10.0 Å². The summed E-state index contributed by atoms with van der Waals surface area (Å²) in [6.45, 7) is 0.656. The molecule has 152 valence electrons. The Kier molecular flexibility index (Phi) is 3.71. The Morgan fingerprint density at radius 3 is 2.63 bits per heavy atom. The molecule has 0 aromatic heterocycles. The fourth-order valence-corrected chi connectivity index (χ4v) is 6.44. The van der Waals surface area contributed by atoms with E-state index in [1.807, 2.05) is 0 Å². The van der Waals surface area contributed by atoms with E-state index >= 15 is 0 Å². The highest BCUT2D eigenvalue weighted by molar-refractivity contribution is 6.36. The first-order chi connectivity index (χ1) is 14.5. The number of fused-ring (bicyclic) bond motifs is 7. The molecule has 4 heterocycles. The maximum atomic E-state index is 13.8. The third-order valence-corrected chi connectivity index (χ3v) is 7.60. The van der Waals surface area contributed by atoms with Crippen molar-refractivity contribution in [1.29, 1.82) is 0 Å². The summed E-state index contributed by atoms with van der Waals surface area (Å²) in [5.74, 6) is -2.33. The molecule has 3 amide bonds. The molecule has 0 unspecified atom stereocenters. The van der Waals surface area contributed by atoms with Gasteiger partial charge in [-0.25, -0.2) is 4.90 Å². The maximum Gasteiger partial charge on any atom is 0.250 e. The molecule has 1 N–H and O–H groups in total. The summed E-state index contributed by atoms with van der Waals surface area (Å²) in [6, 6.07) is 11.9. The quantitative estimate of drug-likeness (QED) is 0.688. The number of para-hydroxylation sites is 1. The minimum atomic E-state index is -1.23. The molecule has 3 saturated heterocycles. The van der Waals surface area contributed by atoms with E-state index in [4.69, 9.17) is 23.2 Å². The van der Waals surface area contributed by atoms with Crippen LogP contribution >= 0.6 is 23.2 Å². The number of rotatable bonds is 1. The number of hydrogen-bond acceptors (Lipinski definition) is 4. The molecule has 4 aliphatic rings. The van der Waals surface area contributed by atoms with Gasteiger partial charge in [0.05, 0.1) is 22.5 Å². The predicted molar refractivity (Wildman–Crippen MR) is 112 cm³/mol. The lowest BCUT2D eigenvalue weighted by Crippen LogP contribution is -2.54.